The minimum absolute atomic E-state index is 0. The molecular weight excluding hydrogens is 398 g/mol. The average Bonchev–Trinajstić information content (AvgIpc) is 2.37. The van der Waals surface area contributed by atoms with Crippen molar-refractivity contribution in [3.05, 3.63) is 0 Å². The summed E-state index contributed by atoms with van der Waals surface area (Å²) >= 11 is 0. The van der Waals surface area contributed by atoms with E-state index in [0.29, 0.717) is 25.8 Å². The van der Waals surface area contributed by atoms with Crippen molar-refractivity contribution >= 4 is 29.9 Å². The topological polar surface area (TPSA) is 47.9 Å². The van der Waals surface area contributed by atoms with Crippen molar-refractivity contribution < 1.29 is 18.3 Å². The summed E-state index contributed by atoms with van der Waals surface area (Å²) in [7, 11) is 0. The number of hydrogen-bond donors (Lipinski definition) is 2. The molecule has 0 spiro atoms. The van der Waals surface area contributed by atoms with Gasteiger partial charge >= 0.3 is 6.18 Å². The van der Waals surface area contributed by atoms with Crippen LogP contribution in [0, 0.1) is 0 Å². The van der Waals surface area contributed by atoms with Crippen molar-refractivity contribution in [3.8, 4) is 0 Å². The predicted octanol–water partition coefficient (Wildman–Crippen LogP) is 2.76. The molecule has 0 bridgehead atoms. The Hall–Kier alpha value is -0.250. The number of piperidine rings is 1. The van der Waals surface area contributed by atoms with Gasteiger partial charge in [0, 0.05) is 32.6 Å². The SMILES string of the molecule is CCNC(=NCCCCC(F)(F)F)N1CCC(O)CC1.I. The van der Waals surface area contributed by atoms with Crippen LogP contribution in [0.25, 0.3) is 0 Å². The molecule has 126 valence electrons. The summed E-state index contributed by atoms with van der Waals surface area (Å²) in [6.45, 7) is 4.54. The number of aliphatic hydroxyl groups is 1. The molecule has 0 aromatic rings. The smallest absolute Gasteiger partial charge is 0.389 e. The molecule has 0 atom stereocenters. The lowest BCUT2D eigenvalue weighted by Gasteiger charge is -2.32. The van der Waals surface area contributed by atoms with Gasteiger partial charge in [-0.2, -0.15) is 13.2 Å². The third-order valence-corrected chi connectivity index (χ3v) is 3.23. The molecule has 0 amide bonds. The zero-order valence-corrected chi connectivity index (χ0v) is 14.7. The van der Waals surface area contributed by atoms with Crippen molar-refractivity contribution in [1.29, 1.82) is 0 Å². The van der Waals surface area contributed by atoms with Crippen molar-refractivity contribution in [2.45, 2.75) is 51.3 Å². The number of nitrogens with one attached hydrogen (secondary N) is 1. The first kappa shape index (κ1) is 20.8. The van der Waals surface area contributed by atoms with Gasteiger partial charge in [-0.15, -0.1) is 24.0 Å². The zero-order valence-electron chi connectivity index (χ0n) is 12.3. The fraction of sp³-hybridized carbons (Fsp3) is 0.923. The Morgan fingerprint density at radius 1 is 1.29 bits per heavy atom. The molecule has 1 aliphatic heterocycles. The summed E-state index contributed by atoms with van der Waals surface area (Å²) in [6, 6.07) is 0. The number of likely N-dealkylation sites (tertiary alicyclic amines) is 1. The predicted molar refractivity (Wildman–Crippen MR) is 88.1 cm³/mol. The molecule has 1 aliphatic rings. The van der Waals surface area contributed by atoms with Gasteiger partial charge in [-0.25, -0.2) is 0 Å². The summed E-state index contributed by atoms with van der Waals surface area (Å²) in [6.07, 6.45) is -3.10. The number of guanidine groups is 1. The van der Waals surface area contributed by atoms with Crippen LogP contribution in [0.2, 0.25) is 0 Å². The fourth-order valence-electron chi connectivity index (χ4n) is 2.13. The summed E-state index contributed by atoms with van der Waals surface area (Å²) in [5, 5.41) is 12.6. The monoisotopic (exact) mass is 423 g/mol. The lowest BCUT2D eigenvalue weighted by molar-refractivity contribution is -0.135. The Balaban J connectivity index is 0.00000400. The van der Waals surface area contributed by atoms with Crippen molar-refractivity contribution in [2.24, 2.45) is 4.99 Å². The van der Waals surface area contributed by atoms with Crippen LogP contribution >= 0.6 is 24.0 Å². The van der Waals surface area contributed by atoms with Crippen LogP contribution in [-0.4, -0.2) is 54.4 Å². The summed E-state index contributed by atoms with van der Waals surface area (Å²) in [5.74, 6) is 0.742. The maximum atomic E-state index is 12.0. The second kappa shape index (κ2) is 10.5. The van der Waals surface area contributed by atoms with Gasteiger partial charge < -0.3 is 15.3 Å². The molecule has 1 heterocycles. The molecule has 8 heteroatoms. The third kappa shape index (κ3) is 9.38. The molecule has 4 nitrogen and oxygen atoms in total. The van der Waals surface area contributed by atoms with Crippen LogP contribution in [0.15, 0.2) is 4.99 Å². The number of rotatable bonds is 5. The van der Waals surface area contributed by atoms with Crippen molar-refractivity contribution in [1.82, 2.24) is 10.2 Å². The number of hydrogen-bond acceptors (Lipinski definition) is 2. The standard InChI is InChI=1S/C13H24F3N3O.HI/c1-2-17-12(19-9-5-11(20)6-10-19)18-8-4-3-7-13(14,15)16;/h11,20H,2-10H2,1H3,(H,17,18);1H. The second-order valence-corrected chi connectivity index (χ2v) is 5.03. The summed E-state index contributed by atoms with van der Waals surface area (Å²) < 4.78 is 36.0. The molecule has 2 N–H and O–H groups in total. The van der Waals surface area contributed by atoms with E-state index in [1.165, 1.54) is 0 Å². The molecule has 1 rings (SSSR count). The van der Waals surface area contributed by atoms with E-state index in [0.717, 1.165) is 25.6 Å². The fourth-order valence-corrected chi connectivity index (χ4v) is 2.13. The highest BCUT2D eigenvalue weighted by molar-refractivity contribution is 14.0. The highest BCUT2D eigenvalue weighted by Gasteiger charge is 2.25. The molecule has 1 fully saturated rings. The van der Waals surface area contributed by atoms with Gasteiger partial charge in [-0.05, 0) is 32.6 Å². The maximum Gasteiger partial charge on any atom is 0.389 e. The number of aliphatic hydroxyl groups excluding tert-OH is 1. The van der Waals surface area contributed by atoms with E-state index in [-0.39, 0.29) is 36.5 Å². The maximum absolute atomic E-state index is 12.0. The number of halogens is 4. The van der Waals surface area contributed by atoms with Gasteiger partial charge in [-0.3, -0.25) is 4.99 Å². The van der Waals surface area contributed by atoms with Crippen LogP contribution in [0.5, 0.6) is 0 Å². The van der Waals surface area contributed by atoms with Gasteiger partial charge in [0.15, 0.2) is 5.96 Å². The largest absolute Gasteiger partial charge is 0.393 e. The number of nitrogens with zero attached hydrogens (tertiary/aromatic N) is 2. The molecule has 1 saturated heterocycles. The van der Waals surface area contributed by atoms with Crippen LogP contribution in [0.1, 0.15) is 39.0 Å². The molecule has 0 aliphatic carbocycles. The molecule has 0 aromatic heterocycles. The highest BCUT2D eigenvalue weighted by Crippen LogP contribution is 2.22. The quantitative estimate of drug-likeness (QED) is 0.310. The van der Waals surface area contributed by atoms with E-state index in [1.54, 1.807) is 0 Å². The molecule has 0 unspecified atom stereocenters. The van der Waals surface area contributed by atoms with Gasteiger partial charge in [0.1, 0.15) is 0 Å². The number of unbranched alkanes of at least 4 members (excludes halogenated alkanes) is 1. The Bertz CT molecular complexity index is 306. The lowest BCUT2D eigenvalue weighted by atomic mass is 10.1. The van der Waals surface area contributed by atoms with Gasteiger partial charge in [0.2, 0.25) is 0 Å². The molecule has 21 heavy (non-hydrogen) atoms. The first-order valence-electron chi connectivity index (χ1n) is 7.20. The molecule has 0 radical (unpaired) electrons. The zero-order chi connectivity index (χ0) is 15.0. The number of alkyl halides is 3. The Kier molecular flexibility index (Phi) is 10.3. The average molecular weight is 423 g/mol. The van der Waals surface area contributed by atoms with Gasteiger partial charge in [0.25, 0.3) is 0 Å². The van der Waals surface area contributed by atoms with E-state index in [2.05, 4.69) is 15.2 Å². The first-order valence-corrected chi connectivity index (χ1v) is 7.20. The van der Waals surface area contributed by atoms with Crippen LogP contribution in [0.4, 0.5) is 13.2 Å². The summed E-state index contributed by atoms with van der Waals surface area (Å²) in [5.41, 5.74) is 0. The van der Waals surface area contributed by atoms with E-state index >= 15 is 0 Å². The molecule has 0 saturated carbocycles. The normalized spacial score (nSPS) is 17.6. The Labute approximate surface area is 141 Å². The minimum Gasteiger partial charge on any atom is -0.393 e. The molecular formula is C13H25F3IN3O. The Morgan fingerprint density at radius 3 is 2.43 bits per heavy atom. The third-order valence-electron chi connectivity index (χ3n) is 3.23. The van der Waals surface area contributed by atoms with Crippen LogP contribution < -0.4 is 5.32 Å². The van der Waals surface area contributed by atoms with E-state index in [9.17, 15) is 18.3 Å². The first-order chi connectivity index (χ1) is 9.42. The second-order valence-electron chi connectivity index (χ2n) is 5.03. The van der Waals surface area contributed by atoms with E-state index < -0.39 is 12.6 Å². The summed E-state index contributed by atoms with van der Waals surface area (Å²) in [4.78, 5) is 6.42. The van der Waals surface area contributed by atoms with Crippen molar-refractivity contribution in [3.63, 3.8) is 0 Å². The van der Waals surface area contributed by atoms with Gasteiger partial charge in [-0.1, -0.05) is 0 Å². The van der Waals surface area contributed by atoms with Gasteiger partial charge in [0.05, 0.1) is 6.10 Å². The molecule has 0 aromatic carbocycles. The van der Waals surface area contributed by atoms with E-state index in [4.69, 9.17) is 0 Å². The van der Waals surface area contributed by atoms with Crippen LogP contribution in [0.3, 0.4) is 0 Å². The Morgan fingerprint density at radius 2 is 1.90 bits per heavy atom. The van der Waals surface area contributed by atoms with Crippen molar-refractivity contribution in [2.75, 3.05) is 26.2 Å². The highest BCUT2D eigenvalue weighted by atomic mass is 127. The number of aliphatic imine (C=N–C) groups is 1. The van der Waals surface area contributed by atoms with E-state index in [1.807, 2.05) is 6.92 Å². The van der Waals surface area contributed by atoms with Crippen LogP contribution in [-0.2, 0) is 0 Å². The lowest BCUT2D eigenvalue weighted by Crippen LogP contribution is -2.46. The minimum atomic E-state index is -4.07.